The second kappa shape index (κ2) is 12.6. The third-order valence-corrected chi connectivity index (χ3v) is 8.67. The van der Waals surface area contributed by atoms with Gasteiger partial charge in [0.2, 0.25) is 0 Å². The normalized spacial score (nSPS) is 16.2. The zero-order valence-corrected chi connectivity index (χ0v) is 24.9. The highest BCUT2D eigenvalue weighted by Gasteiger charge is 2.37. The van der Waals surface area contributed by atoms with Gasteiger partial charge >= 0.3 is 0 Å². The van der Waals surface area contributed by atoms with Gasteiger partial charge in [-0.05, 0) is 78.6 Å². The molecule has 2 aliphatic heterocycles. The lowest BCUT2D eigenvalue weighted by molar-refractivity contribution is -0.113. The first kappa shape index (κ1) is 28.3. The zero-order chi connectivity index (χ0) is 29.8. The number of rotatable bonds is 7. The Morgan fingerprint density at radius 2 is 1.44 bits per heavy atom. The summed E-state index contributed by atoms with van der Waals surface area (Å²) >= 11 is 1.72. The largest absolute Gasteiger partial charge is 0.497 e. The van der Waals surface area contributed by atoms with Gasteiger partial charge in [-0.3, -0.25) is 9.59 Å². The minimum Gasteiger partial charge on any atom is -0.497 e. The predicted octanol–water partition coefficient (Wildman–Crippen LogP) is 7.38. The number of aliphatic imine (C=N–C) groups is 1. The van der Waals surface area contributed by atoms with Gasteiger partial charge in [0.25, 0.3) is 11.8 Å². The predicted molar refractivity (Wildman–Crippen MR) is 175 cm³/mol. The van der Waals surface area contributed by atoms with E-state index in [2.05, 4.69) is 15.5 Å². The summed E-state index contributed by atoms with van der Waals surface area (Å²) in [5.41, 5.74) is 6.38. The van der Waals surface area contributed by atoms with E-state index in [1.54, 1.807) is 18.9 Å². The molecule has 1 fully saturated rings. The van der Waals surface area contributed by atoms with Crippen molar-refractivity contribution >= 4 is 40.1 Å². The smallest absolute Gasteiger partial charge is 0.255 e. The van der Waals surface area contributed by atoms with Crippen molar-refractivity contribution in [2.45, 2.75) is 19.4 Å². The number of carbonyl (C=O) groups excluding carboxylic acids is 2. The van der Waals surface area contributed by atoms with Crippen LogP contribution in [0.5, 0.6) is 5.75 Å². The van der Waals surface area contributed by atoms with E-state index in [9.17, 15) is 9.59 Å². The van der Waals surface area contributed by atoms with Gasteiger partial charge < -0.3 is 20.3 Å². The van der Waals surface area contributed by atoms with Gasteiger partial charge in [0, 0.05) is 29.2 Å². The molecule has 2 N–H and O–H groups in total. The molecule has 2 amide bonds. The number of ether oxygens (including phenoxy) is 1. The fourth-order valence-corrected chi connectivity index (χ4v) is 6.39. The number of nitrogens with one attached hydrogen (secondary N) is 2. The first-order chi connectivity index (χ1) is 21.0. The molecule has 216 valence electrons. The van der Waals surface area contributed by atoms with Crippen molar-refractivity contribution in [2.75, 3.05) is 30.0 Å². The van der Waals surface area contributed by atoms with Crippen molar-refractivity contribution < 1.29 is 14.3 Å². The average Bonchev–Trinajstić information content (AvgIpc) is 3.05. The van der Waals surface area contributed by atoms with Crippen molar-refractivity contribution in [3.63, 3.8) is 0 Å². The molecular weight excluding hydrogens is 556 g/mol. The molecule has 4 aromatic carbocycles. The highest BCUT2D eigenvalue weighted by atomic mass is 32.2. The molecule has 6 rings (SSSR count). The molecule has 0 aliphatic carbocycles. The third-order valence-electron chi connectivity index (χ3n) is 7.59. The van der Waals surface area contributed by atoms with E-state index >= 15 is 0 Å². The number of anilines is 2. The minimum absolute atomic E-state index is 0.179. The van der Waals surface area contributed by atoms with E-state index in [4.69, 9.17) is 9.73 Å². The van der Waals surface area contributed by atoms with E-state index in [0.717, 1.165) is 46.3 Å². The number of fused-ring (bicyclic) bond motifs is 1. The number of thioether (sulfide) groups is 1. The Kier molecular flexibility index (Phi) is 8.29. The number of allylic oxidation sites excluding steroid dienone is 1. The van der Waals surface area contributed by atoms with E-state index < -0.39 is 0 Å². The summed E-state index contributed by atoms with van der Waals surface area (Å²) in [4.78, 5) is 33.8. The SMILES string of the molecule is COc1ccc(NC(=O)C2=C(C)N=C3SCCCN3C2c2ccc(NC(=O)c3ccc(-c4ccccc4)cc3)cc2)cc1. The van der Waals surface area contributed by atoms with Crippen LogP contribution in [0, 0.1) is 0 Å². The van der Waals surface area contributed by atoms with Crippen LogP contribution in [0.3, 0.4) is 0 Å². The standard InChI is InChI=1S/C35H32N4O3S/c1-23-31(34(41)38-29-17-19-30(42-2)20-18-29)32(39-21-6-22-43-35(39)36-23)26-13-15-28(16-14-26)37-33(40)27-11-9-25(10-12-27)24-7-4-3-5-8-24/h3-5,7-20,32H,6,21-22H2,1-2H3,(H,37,40)(H,38,41). The van der Waals surface area contributed by atoms with E-state index in [-0.39, 0.29) is 17.9 Å². The highest BCUT2D eigenvalue weighted by Crippen LogP contribution is 2.40. The van der Waals surface area contributed by atoms with Gasteiger partial charge in [-0.25, -0.2) is 4.99 Å². The Labute approximate surface area is 255 Å². The Hall–Kier alpha value is -4.82. The number of amidine groups is 1. The van der Waals surface area contributed by atoms with Gasteiger partial charge in [0.15, 0.2) is 5.17 Å². The van der Waals surface area contributed by atoms with Crippen LogP contribution in [0.2, 0.25) is 0 Å². The van der Waals surface area contributed by atoms with Crippen LogP contribution in [0.1, 0.15) is 35.3 Å². The third kappa shape index (κ3) is 6.20. The summed E-state index contributed by atoms with van der Waals surface area (Å²) in [5, 5.41) is 6.99. The summed E-state index contributed by atoms with van der Waals surface area (Å²) in [6.45, 7) is 2.70. The van der Waals surface area contributed by atoms with Crippen molar-refractivity contribution in [2.24, 2.45) is 4.99 Å². The van der Waals surface area contributed by atoms with Crippen LogP contribution in [-0.2, 0) is 4.79 Å². The topological polar surface area (TPSA) is 83.0 Å². The summed E-state index contributed by atoms with van der Waals surface area (Å²) in [5.74, 6) is 1.35. The Bertz CT molecular complexity index is 1680. The molecule has 4 aromatic rings. The van der Waals surface area contributed by atoms with Crippen LogP contribution in [0.4, 0.5) is 11.4 Å². The number of amides is 2. The molecule has 1 saturated heterocycles. The van der Waals surface area contributed by atoms with Crippen LogP contribution in [-0.4, -0.2) is 41.3 Å². The average molecular weight is 589 g/mol. The number of hydrogen-bond acceptors (Lipinski definition) is 6. The van der Waals surface area contributed by atoms with Crippen molar-refractivity contribution in [3.05, 3.63) is 126 Å². The van der Waals surface area contributed by atoms with Gasteiger partial charge in [-0.1, -0.05) is 66.4 Å². The molecule has 0 bridgehead atoms. The lowest BCUT2D eigenvalue weighted by Crippen LogP contribution is -2.43. The summed E-state index contributed by atoms with van der Waals surface area (Å²) < 4.78 is 5.25. The number of nitrogens with zero attached hydrogens (tertiary/aromatic N) is 2. The van der Waals surface area contributed by atoms with Crippen molar-refractivity contribution in [3.8, 4) is 16.9 Å². The fraction of sp³-hybridized carbons (Fsp3) is 0.171. The molecule has 1 unspecified atom stereocenters. The number of hydrogen-bond donors (Lipinski definition) is 2. The maximum Gasteiger partial charge on any atom is 0.255 e. The van der Waals surface area contributed by atoms with Gasteiger partial charge in [0.1, 0.15) is 5.75 Å². The Morgan fingerprint density at radius 3 is 2.12 bits per heavy atom. The molecule has 1 atom stereocenters. The maximum atomic E-state index is 13.7. The number of benzene rings is 4. The van der Waals surface area contributed by atoms with Crippen LogP contribution < -0.4 is 15.4 Å². The van der Waals surface area contributed by atoms with Crippen LogP contribution in [0.25, 0.3) is 11.1 Å². The first-order valence-corrected chi connectivity index (χ1v) is 15.2. The highest BCUT2D eigenvalue weighted by molar-refractivity contribution is 8.13. The molecule has 2 heterocycles. The maximum absolute atomic E-state index is 13.7. The van der Waals surface area contributed by atoms with Crippen LogP contribution in [0.15, 0.2) is 119 Å². The van der Waals surface area contributed by atoms with E-state index in [1.807, 2.05) is 110 Å². The number of methoxy groups -OCH3 is 1. The molecule has 0 radical (unpaired) electrons. The molecule has 7 nitrogen and oxygen atoms in total. The molecular formula is C35H32N4O3S. The molecule has 0 spiro atoms. The van der Waals surface area contributed by atoms with Gasteiger partial charge in [-0.15, -0.1) is 0 Å². The summed E-state index contributed by atoms with van der Waals surface area (Å²) in [7, 11) is 1.61. The molecule has 43 heavy (non-hydrogen) atoms. The van der Waals surface area contributed by atoms with Gasteiger partial charge in [0.05, 0.1) is 24.4 Å². The zero-order valence-electron chi connectivity index (χ0n) is 24.0. The summed E-state index contributed by atoms with van der Waals surface area (Å²) in [6.07, 6.45) is 1.00. The van der Waals surface area contributed by atoms with E-state index in [1.165, 1.54) is 0 Å². The Balaban J connectivity index is 1.21. The molecule has 8 heteroatoms. The first-order valence-electron chi connectivity index (χ1n) is 14.2. The van der Waals surface area contributed by atoms with Crippen LogP contribution >= 0.6 is 11.8 Å². The fourth-order valence-electron chi connectivity index (χ4n) is 5.37. The number of carbonyl (C=O) groups is 2. The minimum atomic E-state index is -0.297. The second-order valence-electron chi connectivity index (χ2n) is 10.4. The van der Waals surface area contributed by atoms with Crippen molar-refractivity contribution in [1.29, 1.82) is 0 Å². The lowest BCUT2D eigenvalue weighted by atomic mass is 9.93. The molecule has 0 saturated carbocycles. The quantitative estimate of drug-likeness (QED) is 0.235. The van der Waals surface area contributed by atoms with E-state index in [0.29, 0.717) is 28.2 Å². The van der Waals surface area contributed by atoms with Crippen molar-refractivity contribution in [1.82, 2.24) is 4.90 Å². The molecule has 2 aliphatic rings. The second-order valence-corrected chi connectivity index (χ2v) is 11.5. The monoisotopic (exact) mass is 588 g/mol. The Morgan fingerprint density at radius 1 is 0.814 bits per heavy atom. The molecule has 0 aromatic heterocycles. The lowest BCUT2D eigenvalue weighted by Gasteiger charge is -2.41. The summed E-state index contributed by atoms with van der Waals surface area (Å²) in [6, 6.07) is 32.4. The van der Waals surface area contributed by atoms with Gasteiger partial charge in [-0.2, -0.15) is 0 Å².